The summed E-state index contributed by atoms with van der Waals surface area (Å²) in [5, 5.41) is 3.19. The summed E-state index contributed by atoms with van der Waals surface area (Å²) in [7, 11) is 0. The first-order valence-electron chi connectivity index (χ1n) is 5.63. The van der Waals surface area contributed by atoms with Gasteiger partial charge in [0.15, 0.2) is 11.6 Å². The van der Waals surface area contributed by atoms with E-state index in [9.17, 15) is 4.39 Å². The number of hydrogen-bond acceptors (Lipinski definition) is 4. The minimum absolute atomic E-state index is 0.0272. The number of pyridine rings is 1. The molecule has 0 radical (unpaired) electrons. The zero-order valence-electron chi connectivity index (χ0n) is 9.94. The van der Waals surface area contributed by atoms with Crippen LogP contribution in [0.15, 0.2) is 36.7 Å². The van der Waals surface area contributed by atoms with E-state index in [0.717, 1.165) is 0 Å². The molecule has 20 heavy (non-hydrogen) atoms. The molecule has 0 bridgehead atoms. The average molecular weight is 309 g/mol. The van der Waals surface area contributed by atoms with Crippen molar-refractivity contribution in [3.05, 3.63) is 52.7 Å². The van der Waals surface area contributed by atoms with Gasteiger partial charge in [-0.1, -0.05) is 29.3 Å². The summed E-state index contributed by atoms with van der Waals surface area (Å²) in [4.78, 5) is 12.3. The average Bonchev–Trinajstić information content (AvgIpc) is 2.44. The van der Waals surface area contributed by atoms with E-state index in [-0.39, 0.29) is 10.7 Å². The maximum Gasteiger partial charge on any atom is 0.165 e. The Kier molecular flexibility index (Phi) is 3.38. The Morgan fingerprint density at radius 1 is 1.05 bits per heavy atom. The number of nitrogens with one attached hydrogen (secondary N) is 1. The van der Waals surface area contributed by atoms with Crippen LogP contribution < -0.4 is 5.32 Å². The van der Waals surface area contributed by atoms with Crippen LogP contribution in [0.2, 0.25) is 10.2 Å². The highest BCUT2D eigenvalue weighted by Crippen LogP contribution is 2.27. The Morgan fingerprint density at radius 2 is 1.90 bits per heavy atom. The van der Waals surface area contributed by atoms with Gasteiger partial charge < -0.3 is 5.32 Å². The van der Waals surface area contributed by atoms with Crippen molar-refractivity contribution >= 4 is 45.7 Å². The van der Waals surface area contributed by atoms with E-state index in [2.05, 4.69) is 20.3 Å². The molecule has 0 amide bonds. The number of anilines is 2. The molecule has 1 N–H and O–H groups in total. The normalized spacial score (nSPS) is 10.8. The van der Waals surface area contributed by atoms with E-state index in [1.165, 1.54) is 12.4 Å². The largest absolute Gasteiger partial charge is 0.336 e. The van der Waals surface area contributed by atoms with Crippen molar-refractivity contribution in [2.45, 2.75) is 0 Å². The highest BCUT2D eigenvalue weighted by molar-refractivity contribution is 6.31. The Morgan fingerprint density at radius 3 is 2.75 bits per heavy atom. The summed E-state index contributed by atoms with van der Waals surface area (Å²) in [5.41, 5.74) is 1.27. The lowest BCUT2D eigenvalue weighted by Crippen LogP contribution is -1.99. The van der Waals surface area contributed by atoms with Crippen LogP contribution in [-0.2, 0) is 0 Å². The standard InChI is InChI=1S/C13H7Cl2FN4/c14-7-2-1-3-8(11(7)16)19-13-12-9(17-6-18-13)4-5-10(15)20-12/h1-6H,(H,17,18,19). The molecule has 0 aliphatic carbocycles. The minimum Gasteiger partial charge on any atom is -0.336 e. The summed E-state index contributed by atoms with van der Waals surface area (Å²) < 4.78 is 13.9. The molecule has 0 aliphatic heterocycles. The maximum atomic E-state index is 13.9. The van der Waals surface area contributed by atoms with E-state index >= 15 is 0 Å². The summed E-state index contributed by atoms with van der Waals surface area (Å²) in [5.74, 6) is -0.193. The molecule has 1 aromatic carbocycles. The molecule has 4 nitrogen and oxygen atoms in total. The van der Waals surface area contributed by atoms with Gasteiger partial charge >= 0.3 is 0 Å². The zero-order chi connectivity index (χ0) is 14.1. The van der Waals surface area contributed by atoms with Crippen LogP contribution in [-0.4, -0.2) is 15.0 Å². The summed E-state index contributed by atoms with van der Waals surface area (Å²) >= 11 is 11.6. The van der Waals surface area contributed by atoms with E-state index in [4.69, 9.17) is 23.2 Å². The number of benzene rings is 1. The third-order valence-electron chi connectivity index (χ3n) is 2.65. The van der Waals surface area contributed by atoms with Crippen molar-refractivity contribution in [2.24, 2.45) is 0 Å². The Balaban J connectivity index is 2.11. The van der Waals surface area contributed by atoms with Crippen LogP contribution in [0.5, 0.6) is 0 Å². The molecule has 7 heteroatoms. The van der Waals surface area contributed by atoms with Gasteiger partial charge in [0.1, 0.15) is 17.0 Å². The fraction of sp³-hybridized carbons (Fsp3) is 0. The maximum absolute atomic E-state index is 13.9. The predicted molar refractivity (Wildman–Crippen MR) is 77.0 cm³/mol. The third-order valence-corrected chi connectivity index (χ3v) is 3.15. The molecule has 0 spiro atoms. The van der Waals surface area contributed by atoms with Crippen molar-refractivity contribution in [1.29, 1.82) is 0 Å². The predicted octanol–water partition coefficient (Wildman–Crippen LogP) is 4.21. The second-order valence-electron chi connectivity index (χ2n) is 3.95. The van der Waals surface area contributed by atoms with Gasteiger partial charge in [0.2, 0.25) is 0 Å². The topological polar surface area (TPSA) is 50.7 Å². The summed E-state index contributed by atoms with van der Waals surface area (Å²) in [6.45, 7) is 0. The fourth-order valence-electron chi connectivity index (χ4n) is 1.74. The first kappa shape index (κ1) is 13.0. The molecule has 2 heterocycles. The van der Waals surface area contributed by atoms with Crippen molar-refractivity contribution in [3.8, 4) is 0 Å². The number of nitrogens with zero attached hydrogens (tertiary/aromatic N) is 3. The van der Waals surface area contributed by atoms with Crippen LogP contribution >= 0.6 is 23.2 Å². The van der Waals surface area contributed by atoms with Crippen LogP contribution in [0.1, 0.15) is 0 Å². The minimum atomic E-state index is -0.553. The van der Waals surface area contributed by atoms with E-state index in [1.807, 2.05) is 0 Å². The zero-order valence-corrected chi connectivity index (χ0v) is 11.5. The molecule has 100 valence electrons. The molecule has 0 saturated carbocycles. The van der Waals surface area contributed by atoms with Crippen LogP contribution in [0.4, 0.5) is 15.9 Å². The number of fused-ring (bicyclic) bond motifs is 1. The van der Waals surface area contributed by atoms with Gasteiger partial charge in [-0.05, 0) is 24.3 Å². The monoisotopic (exact) mass is 308 g/mol. The number of rotatable bonds is 2. The quantitative estimate of drug-likeness (QED) is 0.720. The highest BCUT2D eigenvalue weighted by Gasteiger charge is 2.10. The third kappa shape index (κ3) is 2.37. The number of halogens is 3. The van der Waals surface area contributed by atoms with Crippen molar-refractivity contribution in [2.75, 3.05) is 5.32 Å². The van der Waals surface area contributed by atoms with Crippen molar-refractivity contribution < 1.29 is 4.39 Å². The molecule has 3 rings (SSSR count). The van der Waals surface area contributed by atoms with E-state index < -0.39 is 5.82 Å². The first-order valence-corrected chi connectivity index (χ1v) is 6.39. The Bertz CT molecular complexity index is 794. The number of hydrogen-bond donors (Lipinski definition) is 1. The van der Waals surface area contributed by atoms with Gasteiger partial charge in [-0.15, -0.1) is 0 Å². The Labute approximate surface area is 123 Å². The van der Waals surface area contributed by atoms with Gasteiger partial charge in [-0.25, -0.2) is 19.3 Å². The fourth-order valence-corrected chi connectivity index (χ4v) is 2.06. The molecule has 0 fully saturated rings. The second kappa shape index (κ2) is 5.19. The lowest BCUT2D eigenvalue weighted by atomic mass is 10.3. The molecule has 0 unspecified atom stereocenters. The lowest BCUT2D eigenvalue weighted by molar-refractivity contribution is 0.632. The molecule has 0 aliphatic rings. The second-order valence-corrected chi connectivity index (χ2v) is 4.74. The van der Waals surface area contributed by atoms with Crippen molar-refractivity contribution in [3.63, 3.8) is 0 Å². The highest BCUT2D eigenvalue weighted by atomic mass is 35.5. The SMILES string of the molecule is Fc1c(Cl)cccc1Nc1ncnc2ccc(Cl)nc12. The van der Waals surface area contributed by atoms with Crippen LogP contribution in [0.25, 0.3) is 11.0 Å². The van der Waals surface area contributed by atoms with Crippen LogP contribution in [0, 0.1) is 5.82 Å². The van der Waals surface area contributed by atoms with Gasteiger partial charge in [-0.2, -0.15) is 0 Å². The van der Waals surface area contributed by atoms with Gasteiger partial charge in [0.05, 0.1) is 16.2 Å². The van der Waals surface area contributed by atoms with Gasteiger partial charge in [-0.3, -0.25) is 0 Å². The summed E-state index contributed by atoms with van der Waals surface area (Å²) in [6, 6.07) is 8.00. The Hall–Kier alpha value is -1.98. The smallest absolute Gasteiger partial charge is 0.165 e. The molecule has 2 aromatic heterocycles. The van der Waals surface area contributed by atoms with Gasteiger partial charge in [0.25, 0.3) is 0 Å². The van der Waals surface area contributed by atoms with E-state index in [0.29, 0.717) is 22.0 Å². The van der Waals surface area contributed by atoms with E-state index in [1.54, 1.807) is 24.3 Å². The summed E-state index contributed by atoms with van der Waals surface area (Å²) in [6.07, 6.45) is 1.36. The molecule has 0 saturated heterocycles. The molecule has 0 atom stereocenters. The van der Waals surface area contributed by atoms with Crippen LogP contribution in [0.3, 0.4) is 0 Å². The molecule has 3 aromatic rings. The number of aromatic nitrogens is 3. The lowest BCUT2D eigenvalue weighted by Gasteiger charge is -2.09. The molecular weight excluding hydrogens is 302 g/mol. The first-order chi connectivity index (χ1) is 9.65. The van der Waals surface area contributed by atoms with Gasteiger partial charge in [0, 0.05) is 0 Å². The van der Waals surface area contributed by atoms with Crippen molar-refractivity contribution in [1.82, 2.24) is 15.0 Å². The molecular formula is C13H7Cl2FN4.